The van der Waals surface area contributed by atoms with E-state index in [4.69, 9.17) is 4.74 Å². The first-order chi connectivity index (χ1) is 10.1. The van der Waals surface area contributed by atoms with E-state index < -0.39 is 0 Å². The highest BCUT2D eigenvalue weighted by Gasteiger charge is 2.06. The largest absolute Gasteiger partial charge is 0.494 e. The number of hydrogen-bond acceptors (Lipinski definition) is 2. The second-order valence-corrected chi connectivity index (χ2v) is 5.65. The van der Waals surface area contributed by atoms with Crippen molar-refractivity contribution in [1.29, 1.82) is 0 Å². The summed E-state index contributed by atoms with van der Waals surface area (Å²) < 4.78 is 5.52. The maximum atomic E-state index is 5.52. The molecular formula is C19H25NO. The van der Waals surface area contributed by atoms with Crippen molar-refractivity contribution in [3.63, 3.8) is 0 Å². The molecule has 0 heterocycles. The van der Waals surface area contributed by atoms with Gasteiger partial charge in [0.2, 0.25) is 0 Å². The highest BCUT2D eigenvalue weighted by molar-refractivity contribution is 5.68. The normalized spacial score (nSPS) is 10.9. The minimum absolute atomic E-state index is 0.486. The lowest BCUT2D eigenvalue weighted by Crippen LogP contribution is -2.22. The van der Waals surface area contributed by atoms with Crippen LogP contribution in [0, 0.1) is 6.92 Å². The van der Waals surface area contributed by atoms with Crippen LogP contribution in [0.2, 0.25) is 0 Å². The van der Waals surface area contributed by atoms with Gasteiger partial charge in [-0.1, -0.05) is 49.7 Å². The Morgan fingerprint density at radius 3 is 2.38 bits per heavy atom. The van der Waals surface area contributed by atoms with E-state index in [0.717, 1.165) is 12.3 Å². The number of ether oxygens (including phenoxy) is 1. The molecule has 0 aliphatic carbocycles. The fraction of sp³-hybridized carbons (Fsp3) is 0.368. The molecule has 2 aromatic rings. The van der Waals surface area contributed by atoms with Gasteiger partial charge in [0.25, 0.3) is 0 Å². The van der Waals surface area contributed by atoms with Gasteiger partial charge in [0.1, 0.15) is 5.75 Å². The van der Waals surface area contributed by atoms with Crippen LogP contribution >= 0.6 is 0 Å². The van der Waals surface area contributed by atoms with Crippen LogP contribution in [-0.4, -0.2) is 12.6 Å². The molecule has 0 radical (unpaired) electrons. The van der Waals surface area contributed by atoms with Gasteiger partial charge in [-0.3, -0.25) is 0 Å². The second kappa shape index (κ2) is 7.28. The Bertz CT molecular complexity index is 573. The van der Waals surface area contributed by atoms with Gasteiger partial charge in [-0.25, -0.2) is 0 Å². The minimum Gasteiger partial charge on any atom is -0.494 e. The Hall–Kier alpha value is -1.80. The molecule has 0 saturated heterocycles. The highest BCUT2D eigenvalue weighted by Crippen LogP contribution is 2.27. The first-order valence-electron chi connectivity index (χ1n) is 7.66. The lowest BCUT2D eigenvalue weighted by Gasteiger charge is -2.14. The van der Waals surface area contributed by atoms with Gasteiger partial charge < -0.3 is 10.1 Å². The molecule has 0 unspecified atom stereocenters. The molecule has 0 atom stereocenters. The summed E-state index contributed by atoms with van der Waals surface area (Å²) in [6.07, 6.45) is 0. The van der Waals surface area contributed by atoms with E-state index >= 15 is 0 Å². The van der Waals surface area contributed by atoms with Crippen molar-refractivity contribution in [3.8, 4) is 16.9 Å². The van der Waals surface area contributed by atoms with E-state index in [9.17, 15) is 0 Å². The number of rotatable bonds is 6. The molecule has 1 N–H and O–H groups in total. The van der Waals surface area contributed by atoms with Crippen LogP contribution in [0.3, 0.4) is 0 Å². The summed E-state index contributed by atoms with van der Waals surface area (Å²) in [5.41, 5.74) is 5.15. The molecule has 2 nitrogen and oxygen atoms in total. The molecule has 0 fully saturated rings. The van der Waals surface area contributed by atoms with E-state index in [2.05, 4.69) is 56.4 Å². The molecule has 112 valence electrons. The Labute approximate surface area is 128 Å². The third-order valence-corrected chi connectivity index (χ3v) is 3.44. The number of nitrogens with one attached hydrogen (secondary N) is 1. The lowest BCUT2D eigenvalue weighted by atomic mass is 9.97. The average molecular weight is 283 g/mol. The van der Waals surface area contributed by atoms with Gasteiger partial charge in [0.05, 0.1) is 6.61 Å². The van der Waals surface area contributed by atoms with Crippen LogP contribution in [0.15, 0.2) is 42.5 Å². The smallest absolute Gasteiger partial charge is 0.119 e. The topological polar surface area (TPSA) is 21.3 Å². The molecule has 2 rings (SSSR count). The van der Waals surface area contributed by atoms with Crippen molar-refractivity contribution in [2.75, 3.05) is 6.61 Å². The van der Waals surface area contributed by atoms with Gasteiger partial charge in [0.15, 0.2) is 0 Å². The van der Waals surface area contributed by atoms with Gasteiger partial charge in [-0.2, -0.15) is 0 Å². The van der Waals surface area contributed by atoms with Crippen molar-refractivity contribution in [2.24, 2.45) is 0 Å². The van der Waals surface area contributed by atoms with E-state index in [1.165, 1.54) is 22.3 Å². The van der Waals surface area contributed by atoms with Gasteiger partial charge in [-0.15, -0.1) is 0 Å². The molecule has 2 heteroatoms. The molecule has 0 aliphatic rings. The van der Waals surface area contributed by atoms with Crippen molar-refractivity contribution in [2.45, 2.75) is 40.3 Å². The number of aryl methyl sites for hydroxylation is 1. The van der Waals surface area contributed by atoms with E-state index in [1.807, 2.05) is 19.1 Å². The van der Waals surface area contributed by atoms with E-state index in [-0.39, 0.29) is 0 Å². The number of hydrogen-bond donors (Lipinski definition) is 1. The zero-order valence-electron chi connectivity index (χ0n) is 13.4. The molecule has 0 spiro atoms. The third kappa shape index (κ3) is 4.33. The summed E-state index contributed by atoms with van der Waals surface area (Å²) >= 11 is 0. The Morgan fingerprint density at radius 2 is 1.76 bits per heavy atom. The molecule has 0 aromatic heterocycles. The average Bonchev–Trinajstić information content (AvgIpc) is 2.47. The highest BCUT2D eigenvalue weighted by atomic mass is 16.5. The first-order valence-corrected chi connectivity index (χ1v) is 7.66. The Morgan fingerprint density at radius 1 is 1.05 bits per heavy atom. The number of benzene rings is 2. The van der Waals surface area contributed by atoms with Gasteiger partial charge in [-0.05, 0) is 42.7 Å². The van der Waals surface area contributed by atoms with Crippen LogP contribution < -0.4 is 10.1 Å². The fourth-order valence-electron chi connectivity index (χ4n) is 2.32. The minimum atomic E-state index is 0.486. The Balaban J connectivity index is 2.30. The molecule has 0 bridgehead atoms. The van der Waals surface area contributed by atoms with Crippen molar-refractivity contribution < 1.29 is 4.74 Å². The molecule has 0 aliphatic heterocycles. The third-order valence-electron chi connectivity index (χ3n) is 3.44. The zero-order chi connectivity index (χ0) is 15.2. The summed E-state index contributed by atoms with van der Waals surface area (Å²) in [5, 5.41) is 3.50. The van der Waals surface area contributed by atoms with Gasteiger partial charge >= 0.3 is 0 Å². The first kappa shape index (κ1) is 15.6. The quantitative estimate of drug-likeness (QED) is 0.839. The van der Waals surface area contributed by atoms with E-state index in [0.29, 0.717) is 12.6 Å². The predicted octanol–water partition coefficient (Wildman–Crippen LogP) is 4.56. The standard InChI is InChI=1S/C19H25NO/c1-5-21-18-10-8-16(9-11-18)19-12-15(4)6-7-17(19)13-20-14(2)3/h6-12,14,20H,5,13H2,1-4H3. The molecule has 2 aromatic carbocycles. The van der Waals surface area contributed by atoms with Crippen LogP contribution in [0.25, 0.3) is 11.1 Å². The maximum absolute atomic E-state index is 5.52. The molecular weight excluding hydrogens is 258 g/mol. The Kier molecular flexibility index (Phi) is 5.40. The molecule has 0 saturated carbocycles. The molecule has 0 amide bonds. The summed E-state index contributed by atoms with van der Waals surface area (Å²) in [4.78, 5) is 0. The predicted molar refractivity (Wildman–Crippen MR) is 89.8 cm³/mol. The second-order valence-electron chi connectivity index (χ2n) is 5.65. The molecule has 21 heavy (non-hydrogen) atoms. The maximum Gasteiger partial charge on any atom is 0.119 e. The summed E-state index contributed by atoms with van der Waals surface area (Å²) in [5.74, 6) is 0.927. The van der Waals surface area contributed by atoms with Crippen LogP contribution in [0.5, 0.6) is 5.75 Å². The fourth-order valence-corrected chi connectivity index (χ4v) is 2.32. The SMILES string of the molecule is CCOc1ccc(-c2cc(C)ccc2CNC(C)C)cc1. The van der Waals surface area contributed by atoms with Crippen LogP contribution in [0.1, 0.15) is 31.9 Å². The van der Waals surface area contributed by atoms with Gasteiger partial charge in [0, 0.05) is 12.6 Å². The lowest BCUT2D eigenvalue weighted by molar-refractivity contribution is 0.340. The van der Waals surface area contributed by atoms with Crippen LogP contribution in [-0.2, 0) is 6.54 Å². The van der Waals surface area contributed by atoms with Crippen LogP contribution in [0.4, 0.5) is 0 Å². The van der Waals surface area contributed by atoms with Crippen molar-refractivity contribution in [1.82, 2.24) is 5.32 Å². The summed E-state index contributed by atoms with van der Waals surface area (Å²) in [7, 11) is 0. The van der Waals surface area contributed by atoms with Crippen molar-refractivity contribution >= 4 is 0 Å². The monoisotopic (exact) mass is 283 g/mol. The van der Waals surface area contributed by atoms with E-state index in [1.54, 1.807) is 0 Å². The summed E-state index contributed by atoms with van der Waals surface area (Å²) in [6.45, 7) is 10.1. The zero-order valence-corrected chi connectivity index (χ0v) is 13.4. The summed E-state index contributed by atoms with van der Waals surface area (Å²) in [6, 6.07) is 15.5. The van der Waals surface area contributed by atoms with Crippen molar-refractivity contribution in [3.05, 3.63) is 53.6 Å².